The highest BCUT2D eigenvalue weighted by atomic mass is 35.5. The number of nitrogens with zero attached hydrogens (tertiary/aromatic N) is 5. The van der Waals surface area contributed by atoms with E-state index in [4.69, 9.17) is 11.6 Å². The molecule has 4 rings (SSSR count). The fourth-order valence-corrected chi connectivity index (χ4v) is 6.00. The number of carbonyl (C=O) groups excluding carboxylic acids is 2. The number of anilines is 1. The van der Waals surface area contributed by atoms with Gasteiger partial charge >= 0.3 is 0 Å². The minimum Gasteiger partial charge on any atom is -0.350 e. The molecule has 3 heterocycles. The Morgan fingerprint density at radius 1 is 1.17 bits per heavy atom. The van der Waals surface area contributed by atoms with Crippen LogP contribution in [-0.4, -0.2) is 76.2 Å². The summed E-state index contributed by atoms with van der Waals surface area (Å²) in [6.45, 7) is 3.49. The third-order valence-corrected chi connectivity index (χ3v) is 7.78. The molecule has 0 aromatic carbocycles. The fraction of sp³-hybridized carbons (Fsp3) is 0.750. The van der Waals surface area contributed by atoms with Gasteiger partial charge in [-0.25, -0.2) is 14.4 Å². The number of rotatable bonds is 11. The van der Waals surface area contributed by atoms with Gasteiger partial charge in [0.05, 0.1) is 19.0 Å². The lowest BCUT2D eigenvalue weighted by molar-refractivity contribution is -0.155. The van der Waals surface area contributed by atoms with Crippen LogP contribution in [-0.2, 0) is 16.1 Å². The number of nitrogens with one attached hydrogen (secondary N) is 1. The molecule has 1 aliphatic carbocycles. The van der Waals surface area contributed by atoms with E-state index in [0.717, 1.165) is 58.2 Å². The van der Waals surface area contributed by atoms with Gasteiger partial charge in [-0.3, -0.25) is 14.8 Å². The Bertz CT molecular complexity index is 881. The molecule has 1 aromatic heterocycles. The average molecular weight is 511 g/mol. The predicted octanol–water partition coefficient (Wildman–Crippen LogP) is 2.99. The summed E-state index contributed by atoms with van der Waals surface area (Å²) in [6, 6.07) is 0.172. The summed E-state index contributed by atoms with van der Waals surface area (Å²) >= 11 is 6.18. The van der Waals surface area contributed by atoms with Crippen molar-refractivity contribution in [1.29, 1.82) is 0 Å². The summed E-state index contributed by atoms with van der Waals surface area (Å²) in [5, 5.41) is 12.9. The third kappa shape index (κ3) is 6.80. The summed E-state index contributed by atoms with van der Waals surface area (Å²) in [5.41, 5.74) is 0.0380. The van der Waals surface area contributed by atoms with Gasteiger partial charge in [-0.1, -0.05) is 25.7 Å². The van der Waals surface area contributed by atoms with Crippen LogP contribution in [0, 0.1) is 17.7 Å². The molecule has 194 valence electrons. The molecule has 2 N–H and O–H groups in total. The number of hydroxylamine groups is 2. The minimum atomic E-state index is -0.587. The van der Waals surface area contributed by atoms with Gasteiger partial charge in [-0.2, -0.15) is 4.98 Å². The Kier molecular flexibility index (Phi) is 9.13. The first kappa shape index (κ1) is 26.0. The van der Waals surface area contributed by atoms with Crippen LogP contribution in [0.15, 0.2) is 0 Å². The van der Waals surface area contributed by atoms with Crippen molar-refractivity contribution in [3.05, 3.63) is 16.8 Å². The van der Waals surface area contributed by atoms with Crippen molar-refractivity contribution in [2.75, 3.05) is 37.6 Å². The van der Waals surface area contributed by atoms with E-state index in [1.807, 2.05) is 4.90 Å². The van der Waals surface area contributed by atoms with Crippen LogP contribution in [0.3, 0.4) is 0 Å². The molecule has 1 aromatic rings. The molecule has 3 fully saturated rings. The van der Waals surface area contributed by atoms with Crippen molar-refractivity contribution in [2.45, 2.75) is 70.4 Å². The van der Waals surface area contributed by atoms with Gasteiger partial charge in [0.25, 0.3) is 0 Å². The SMILES string of the molecule is O=CN(O)C[C@@H](CC1CCCC1)C(=O)NCc1nc(Cl)nc(N2CCC[C@H]2CN2CCCC2)c1F. The van der Waals surface area contributed by atoms with Crippen LogP contribution in [0.5, 0.6) is 0 Å². The van der Waals surface area contributed by atoms with Gasteiger partial charge in [-0.15, -0.1) is 0 Å². The second-order valence-electron chi connectivity index (χ2n) is 10.1. The lowest BCUT2D eigenvalue weighted by Crippen LogP contribution is -2.40. The molecule has 9 nitrogen and oxygen atoms in total. The third-order valence-electron chi connectivity index (χ3n) is 7.61. The van der Waals surface area contributed by atoms with Gasteiger partial charge in [0.2, 0.25) is 17.6 Å². The molecule has 0 radical (unpaired) electrons. The molecular formula is C24H36ClFN6O3. The smallest absolute Gasteiger partial charge is 0.233 e. The van der Waals surface area contributed by atoms with Crippen LogP contribution < -0.4 is 10.2 Å². The van der Waals surface area contributed by atoms with E-state index in [1.54, 1.807) is 0 Å². The Labute approximate surface area is 211 Å². The van der Waals surface area contributed by atoms with Gasteiger partial charge < -0.3 is 15.1 Å². The van der Waals surface area contributed by atoms with Gasteiger partial charge in [0.15, 0.2) is 11.6 Å². The van der Waals surface area contributed by atoms with Crippen molar-refractivity contribution in [3.8, 4) is 0 Å². The molecule has 2 saturated heterocycles. The van der Waals surface area contributed by atoms with E-state index in [0.29, 0.717) is 30.4 Å². The maximum Gasteiger partial charge on any atom is 0.233 e. The highest BCUT2D eigenvalue weighted by Crippen LogP contribution is 2.31. The number of carbonyl (C=O) groups is 2. The van der Waals surface area contributed by atoms with Crippen molar-refractivity contribution < 1.29 is 19.2 Å². The summed E-state index contributed by atoms with van der Waals surface area (Å²) < 4.78 is 15.6. The van der Waals surface area contributed by atoms with E-state index < -0.39 is 11.7 Å². The summed E-state index contributed by atoms with van der Waals surface area (Å²) in [7, 11) is 0. The molecular weight excluding hydrogens is 475 g/mol. The van der Waals surface area contributed by atoms with Crippen LogP contribution in [0.2, 0.25) is 5.28 Å². The highest BCUT2D eigenvalue weighted by Gasteiger charge is 2.32. The molecule has 35 heavy (non-hydrogen) atoms. The molecule has 0 unspecified atom stereocenters. The lowest BCUT2D eigenvalue weighted by Gasteiger charge is -2.30. The van der Waals surface area contributed by atoms with E-state index in [2.05, 4.69) is 20.2 Å². The maximum atomic E-state index is 15.6. The zero-order valence-corrected chi connectivity index (χ0v) is 20.9. The van der Waals surface area contributed by atoms with Crippen LogP contribution >= 0.6 is 11.6 Å². The average Bonchev–Trinajstić information content (AvgIpc) is 3.62. The van der Waals surface area contributed by atoms with Crippen LogP contribution in [0.25, 0.3) is 0 Å². The lowest BCUT2D eigenvalue weighted by atomic mass is 9.92. The second kappa shape index (κ2) is 12.3. The zero-order chi connectivity index (χ0) is 24.8. The molecule has 11 heteroatoms. The van der Waals surface area contributed by atoms with E-state index in [-0.39, 0.29) is 41.8 Å². The quantitative estimate of drug-likeness (QED) is 0.204. The number of halogens is 2. The van der Waals surface area contributed by atoms with Gasteiger partial charge in [0.1, 0.15) is 5.69 Å². The van der Waals surface area contributed by atoms with Gasteiger partial charge in [0, 0.05) is 19.1 Å². The largest absolute Gasteiger partial charge is 0.350 e. The van der Waals surface area contributed by atoms with E-state index in [9.17, 15) is 14.8 Å². The number of hydrogen-bond acceptors (Lipinski definition) is 7. The van der Waals surface area contributed by atoms with Crippen molar-refractivity contribution in [2.24, 2.45) is 11.8 Å². The molecule has 1 saturated carbocycles. The molecule has 3 aliphatic rings. The number of likely N-dealkylation sites (tertiary alicyclic amines) is 1. The molecule has 0 bridgehead atoms. The summed E-state index contributed by atoms with van der Waals surface area (Å²) in [6.07, 6.45) is 9.51. The Balaban J connectivity index is 1.43. The zero-order valence-electron chi connectivity index (χ0n) is 20.2. The summed E-state index contributed by atoms with van der Waals surface area (Å²) in [5.74, 6) is -0.920. The standard InChI is InChI=1S/C24H36ClFN6O3/c25-24-28-20(13-27-23(34)18(14-31(35)16-33)12-17-6-1-2-7-17)21(26)22(29-24)32-11-5-8-19(32)15-30-9-3-4-10-30/h16-19,35H,1-15H2,(H,27,34)/t18-,19+/m1/s1. The van der Waals surface area contributed by atoms with Crippen molar-refractivity contribution in [3.63, 3.8) is 0 Å². The first-order chi connectivity index (χ1) is 16.9. The number of amides is 2. The number of aromatic nitrogens is 2. The Hall–Kier alpha value is -2.04. The minimum absolute atomic E-state index is 0.0380. The first-order valence-corrected chi connectivity index (χ1v) is 13.2. The van der Waals surface area contributed by atoms with Crippen LogP contribution in [0.4, 0.5) is 10.2 Å². The monoisotopic (exact) mass is 510 g/mol. The molecule has 2 atom stereocenters. The summed E-state index contributed by atoms with van der Waals surface area (Å²) in [4.78, 5) is 36.6. The predicted molar refractivity (Wildman–Crippen MR) is 130 cm³/mol. The van der Waals surface area contributed by atoms with Crippen LogP contribution in [0.1, 0.15) is 63.5 Å². The topological polar surface area (TPSA) is 102 Å². The highest BCUT2D eigenvalue weighted by molar-refractivity contribution is 6.28. The Morgan fingerprint density at radius 2 is 1.91 bits per heavy atom. The number of hydrogen-bond donors (Lipinski definition) is 2. The van der Waals surface area contributed by atoms with Crippen molar-refractivity contribution in [1.82, 2.24) is 25.2 Å². The molecule has 2 aliphatic heterocycles. The van der Waals surface area contributed by atoms with E-state index in [1.165, 1.54) is 12.8 Å². The Morgan fingerprint density at radius 3 is 2.63 bits per heavy atom. The first-order valence-electron chi connectivity index (χ1n) is 12.8. The molecule has 0 spiro atoms. The van der Waals surface area contributed by atoms with Crippen molar-refractivity contribution >= 4 is 29.7 Å². The normalized spacial score (nSPS) is 22.0. The maximum absolute atomic E-state index is 15.6. The fourth-order valence-electron chi connectivity index (χ4n) is 5.82. The van der Waals surface area contributed by atoms with E-state index >= 15 is 4.39 Å². The van der Waals surface area contributed by atoms with Gasteiger partial charge in [-0.05, 0) is 62.7 Å². The second-order valence-corrected chi connectivity index (χ2v) is 10.4. The molecule has 2 amide bonds.